The van der Waals surface area contributed by atoms with Gasteiger partial charge in [-0.15, -0.1) is 0 Å². The number of carbonyl (C=O) groups is 2. The lowest BCUT2D eigenvalue weighted by molar-refractivity contribution is -0.139. The number of rotatable bonds is 7. The van der Waals surface area contributed by atoms with Gasteiger partial charge in [0.15, 0.2) is 0 Å². The van der Waals surface area contributed by atoms with Crippen LogP contribution < -0.4 is 10.1 Å². The summed E-state index contributed by atoms with van der Waals surface area (Å²) in [5.74, 6) is -0.768. The van der Waals surface area contributed by atoms with Gasteiger partial charge in [-0.3, -0.25) is 4.79 Å². The second-order valence-electron chi connectivity index (χ2n) is 6.93. The van der Waals surface area contributed by atoms with Crippen molar-refractivity contribution in [2.75, 3.05) is 7.11 Å². The zero-order valence-electron chi connectivity index (χ0n) is 16.7. The minimum Gasteiger partial charge on any atom is -0.497 e. The standard InChI is InChI=1S/C23H24N2O4/c1-15-14-25(2)21(20(15)17-9-11-18(29-3)12-10-17)22(26)24-19(23(27)28)13-16-7-5-4-6-8-16/h4-12,14,19H,13H2,1-3H3,(H,24,26)(H,27,28). The Labute approximate surface area is 169 Å². The number of nitrogens with one attached hydrogen (secondary N) is 1. The van der Waals surface area contributed by atoms with Gasteiger partial charge >= 0.3 is 5.97 Å². The number of hydrogen-bond acceptors (Lipinski definition) is 3. The Hall–Kier alpha value is -3.54. The lowest BCUT2D eigenvalue weighted by atomic mass is 10.0. The van der Waals surface area contributed by atoms with Gasteiger partial charge in [0.05, 0.1) is 7.11 Å². The van der Waals surface area contributed by atoms with Crippen LogP contribution in [0.4, 0.5) is 0 Å². The predicted molar refractivity (Wildman–Crippen MR) is 111 cm³/mol. The van der Waals surface area contributed by atoms with Crippen LogP contribution in [0.3, 0.4) is 0 Å². The van der Waals surface area contributed by atoms with Gasteiger partial charge in [0.2, 0.25) is 0 Å². The lowest BCUT2D eigenvalue weighted by Gasteiger charge is -2.16. The maximum absolute atomic E-state index is 13.1. The molecule has 6 nitrogen and oxygen atoms in total. The zero-order valence-corrected chi connectivity index (χ0v) is 16.7. The number of benzene rings is 2. The molecule has 6 heteroatoms. The van der Waals surface area contributed by atoms with E-state index in [4.69, 9.17) is 4.74 Å². The molecule has 29 heavy (non-hydrogen) atoms. The maximum Gasteiger partial charge on any atom is 0.326 e. The summed E-state index contributed by atoms with van der Waals surface area (Å²) in [7, 11) is 3.38. The molecule has 150 valence electrons. The van der Waals surface area contributed by atoms with Crippen molar-refractivity contribution in [1.82, 2.24) is 9.88 Å². The molecule has 0 fully saturated rings. The van der Waals surface area contributed by atoms with Gasteiger partial charge in [-0.05, 0) is 35.7 Å². The minimum absolute atomic E-state index is 0.211. The quantitative estimate of drug-likeness (QED) is 0.646. The van der Waals surface area contributed by atoms with Crippen molar-refractivity contribution in [2.24, 2.45) is 7.05 Å². The highest BCUT2D eigenvalue weighted by molar-refractivity contribution is 6.02. The van der Waals surface area contributed by atoms with Crippen LogP contribution in [-0.2, 0) is 18.3 Å². The van der Waals surface area contributed by atoms with E-state index in [1.807, 2.05) is 67.7 Å². The molecule has 3 rings (SSSR count). The third kappa shape index (κ3) is 4.48. The zero-order chi connectivity index (χ0) is 21.0. The Bertz CT molecular complexity index is 1010. The molecular weight excluding hydrogens is 368 g/mol. The van der Waals surface area contributed by atoms with Crippen LogP contribution in [0, 0.1) is 6.92 Å². The van der Waals surface area contributed by atoms with Crippen molar-refractivity contribution >= 4 is 11.9 Å². The molecule has 0 aliphatic carbocycles. The summed E-state index contributed by atoms with van der Waals surface area (Å²) >= 11 is 0. The molecule has 2 aromatic carbocycles. The fourth-order valence-electron chi connectivity index (χ4n) is 3.45. The fourth-order valence-corrected chi connectivity index (χ4v) is 3.45. The fraction of sp³-hybridized carbons (Fsp3) is 0.217. The number of carbonyl (C=O) groups excluding carboxylic acids is 1. The van der Waals surface area contributed by atoms with Crippen LogP contribution in [0.15, 0.2) is 60.8 Å². The van der Waals surface area contributed by atoms with Crippen LogP contribution >= 0.6 is 0 Å². The molecule has 0 saturated carbocycles. The Morgan fingerprint density at radius 1 is 1.10 bits per heavy atom. The first-order chi connectivity index (χ1) is 13.9. The van der Waals surface area contributed by atoms with E-state index in [-0.39, 0.29) is 6.42 Å². The highest BCUT2D eigenvalue weighted by atomic mass is 16.5. The predicted octanol–water partition coefficient (Wildman–Crippen LogP) is 3.43. The van der Waals surface area contributed by atoms with Crippen molar-refractivity contribution in [3.8, 4) is 16.9 Å². The Morgan fingerprint density at radius 2 is 1.76 bits per heavy atom. The van der Waals surface area contributed by atoms with Crippen LogP contribution in [0.25, 0.3) is 11.1 Å². The van der Waals surface area contributed by atoms with E-state index in [0.29, 0.717) is 5.69 Å². The molecule has 0 aliphatic rings. The van der Waals surface area contributed by atoms with Crippen molar-refractivity contribution in [1.29, 1.82) is 0 Å². The third-order valence-corrected chi connectivity index (χ3v) is 4.85. The Morgan fingerprint density at radius 3 is 2.34 bits per heavy atom. The van der Waals surface area contributed by atoms with Crippen LogP contribution in [-0.4, -0.2) is 34.7 Å². The summed E-state index contributed by atoms with van der Waals surface area (Å²) in [6.07, 6.45) is 2.07. The summed E-state index contributed by atoms with van der Waals surface area (Å²) in [4.78, 5) is 24.8. The van der Waals surface area contributed by atoms with Gasteiger partial charge in [0.1, 0.15) is 17.5 Å². The highest BCUT2D eigenvalue weighted by Gasteiger charge is 2.25. The number of aromatic nitrogens is 1. The number of carboxylic acid groups (broad SMARTS) is 1. The summed E-state index contributed by atoms with van der Waals surface area (Å²) in [6.45, 7) is 1.93. The van der Waals surface area contributed by atoms with Crippen molar-refractivity contribution in [2.45, 2.75) is 19.4 Å². The SMILES string of the molecule is COc1ccc(-c2c(C)cn(C)c2C(=O)NC(Cc2ccccc2)C(=O)O)cc1. The first kappa shape index (κ1) is 20.2. The second kappa shape index (κ2) is 8.65. The number of amides is 1. The summed E-state index contributed by atoms with van der Waals surface area (Å²) in [6, 6.07) is 15.7. The molecule has 1 unspecified atom stereocenters. The Kier molecular flexibility index (Phi) is 6.02. The van der Waals surface area contributed by atoms with Gasteiger partial charge in [-0.2, -0.15) is 0 Å². The van der Waals surface area contributed by atoms with Crippen molar-refractivity contribution < 1.29 is 19.4 Å². The minimum atomic E-state index is -1.07. The molecule has 1 amide bonds. The largest absolute Gasteiger partial charge is 0.497 e. The van der Waals surface area contributed by atoms with Gasteiger partial charge < -0.3 is 19.7 Å². The van der Waals surface area contributed by atoms with Gasteiger partial charge in [0, 0.05) is 25.2 Å². The number of aliphatic carboxylic acids is 1. The lowest BCUT2D eigenvalue weighted by Crippen LogP contribution is -2.43. The Balaban J connectivity index is 1.90. The summed E-state index contributed by atoms with van der Waals surface area (Å²) in [5, 5.41) is 12.3. The van der Waals surface area contributed by atoms with E-state index in [1.165, 1.54) is 0 Å². The number of aryl methyl sites for hydroxylation is 2. The van der Waals surface area contributed by atoms with Gasteiger partial charge in [0.25, 0.3) is 5.91 Å². The molecule has 0 bridgehead atoms. The smallest absolute Gasteiger partial charge is 0.326 e. The van der Waals surface area contributed by atoms with Crippen molar-refractivity contribution in [3.63, 3.8) is 0 Å². The van der Waals surface area contributed by atoms with Gasteiger partial charge in [-0.1, -0.05) is 42.5 Å². The van der Waals surface area contributed by atoms with E-state index >= 15 is 0 Å². The molecule has 1 aromatic heterocycles. The first-order valence-electron chi connectivity index (χ1n) is 9.28. The number of methoxy groups -OCH3 is 1. The molecule has 1 heterocycles. The number of hydrogen-bond donors (Lipinski definition) is 2. The number of nitrogens with zero attached hydrogens (tertiary/aromatic N) is 1. The molecule has 0 saturated heterocycles. The topological polar surface area (TPSA) is 80.6 Å². The molecular formula is C23H24N2O4. The summed E-state index contributed by atoms with van der Waals surface area (Å²) in [5.41, 5.74) is 3.84. The van der Waals surface area contributed by atoms with Crippen LogP contribution in [0.2, 0.25) is 0 Å². The molecule has 0 radical (unpaired) electrons. The molecule has 0 spiro atoms. The maximum atomic E-state index is 13.1. The average molecular weight is 392 g/mol. The normalized spacial score (nSPS) is 11.7. The van der Waals surface area contributed by atoms with Crippen LogP contribution in [0.1, 0.15) is 21.6 Å². The third-order valence-electron chi connectivity index (χ3n) is 4.85. The molecule has 0 aliphatic heterocycles. The molecule has 2 N–H and O–H groups in total. The molecule has 1 atom stereocenters. The second-order valence-corrected chi connectivity index (χ2v) is 6.93. The van der Waals surface area contributed by atoms with Crippen LogP contribution in [0.5, 0.6) is 5.75 Å². The van der Waals surface area contributed by atoms with E-state index in [2.05, 4.69) is 5.32 Å². The number of ether oxygens (including phenoxy) is 1. The summed E-state index contributed by atoms with van der Waals surface area (Å²) < 4.78 is 6.93. The van der Waals surface area contributed by atoms with E-state index in [9.17, 15) is 14.7 Å². The first-order valence-corrected chi connectivity index (χ1v) is 9.28. The van der Waals surface area contributed by atoms with Crippen molar-refractivity contribution in [3.05, 3.63) is 77.6 Å². The van der Waals surface area contributed by atoms with E-state index in [0.717, 1.165) is 28.0 Å². The highest BCUT2D eigenvalue weighted by Crippen LogP contribution is 2.30. The monoisotopic (exact) mass is 392 g/mol. The van der Waals surface area contributed by atoms with E-state index in [1.54, 1.807) is 18.7 Å². The van der Waals surface area contributed by atoms with E-state index < -0.39 is 17.9 Å². The van der Waals surface area contributed by atoms with Gasteiger partial charge in [-0.25, -0.2) is 4.79 Å². The number of carboxylic acids is 1. The molecule has 3 aromatic rings. The average Bonchev–Trinajstić information content (AvgIpc) is 3.02.